The fourth-order valence-corrected chi connectivity index (χ4v) is 4.80. The van der Waals surface area contributed by atoms with Crippen molar-refractivity contribution in [1.82, 2.24) is 14.8 Å². The highest BCUT2D eigenvalue weighted by Gasteiger charge is 2.26. The lowest BCUT2D eigenvalue weighted by atomic mass is 10.2. The molecule has 7 heteroatoms. The number of aromatic nitrogens is 3. The maximum Gasteiger partial charge on any atom is 0.292 e. The molecule has 29 heavy (non-hydrogen) atoms. The predicted octanol–water partition coefficient (Wildman–Crippen LogP) is 4.97. The van der Waals surface area contributed by atoms with Gasteiger partial charge in [-0.2, -0.15) is 9.78 Å². The highest BCUT2D eigenvalue weighted by molar-refractivity contribution is 7.20. The van der Waals surface area contributed by atoms with Crippen molar-refractivity contribution in [2.24, 2.45) is 0 Å². The molecule has 0 saturated carbocycles. The number of thiazole rings is 1. The van der Waals surface area contributed by atoms with Crippen LogP contribution in [0, 0.1) is 0 Å². The molecule has 0 unspecified atom stereocenters. The average molecular weight is 400 g/mol. The Kier molecular flexibility index (Phi) is 3.57. The van der Waals surface area contributed by atoms with E-state index in [9.17, 15) is 4.79 Å². The zero-order valence-corrected chi connectivity index (χ0v) is 16.2. The summed E-state index contributed by atoms with van der Waals surface area (Å²) in [6.07, 6.45) is 2.86. The summed E-state index contributed by atoms with van der Waals surface area (Å²) in [5.74, 6) is 0.704. The van der Waals surface area contributed by atoms with Crippen LogP contribution in [0.15, 0.2) is 59.0 Å². The number of hydrogen-bond donors (Lipinski definition) is 1. The highest BCUT2D eigenvalue weighted by atomic mass is 32.1. The number of para-hydroxylation sites is 2. The Morgan fingerprint density at radius 3 is 2.86 bits per heavy atom. The van der Waals surface area contributed by atoms with E-state index in [2.05, 4.69) is 5.32 Å². The van der Waals surface area contributed by atoms with Crippen molar-refractivity contribution in [2.45, 2.75) is 19.3 Å². The largest absolute Gasteiger partial charge is 0.451 e. The van der Waals surface area contributed by atoms with Crippen LogP contribution < -0.4 is 5.32 Å². The molecule has 1 aliphatic carbocycles. The van der Waals surface area contributed by atoms with E-state index in [0.717, 1.165) is 51.3 Å². The number of rotatable bonds is 3. The number of amides is 1. The molecular formula is C22H16N4O2S. The number of anilines is 1. The summed E-state index contributed by atoms with van der Waals surface area (Å²) in [7, 11) is 0. The first kappa shape index (κ1) is 16.5. The maximum absolute atomic E-state index is 13.0. The van der Waals surface area contributed by atoms with Crippen molar-refractivity contribution in [1.29, 1.82) is 0 Å². The lowest BCUT2D eigenvalue weighted by Gasteiger charge is -2.07. The Balaban J connectivity index is 1.42. The minimum absolute atomic E-state index is 0.279. The van der Waals surface area contributed by atoms with Gasteiger partial charge in [-0.1, -0.05) is 41.7 Å². The monoisotopic (exact) mass is 400 g/mol. The van der Waals surface area contributed by atoms with Crippen LogP contribution in [0.4, 0.5) is 5.82 Å². The number of fused-ring (bicyclic) bond motifs is 3. The van der Waals surface area contributed by atoms with E-state index in [1.165, 1.54) is 0 Å². The van der Waals surface area contributed by atoms with E-state index >= 15 is 0 Å². The van der Waals surface area contributed by atoms with E-state index in [4.69, 9.17) is 14.5 Å². The fourth-order valence-electron chi connectivity index (χ4n) is 3.87. The summed E-state index contributed by atoms with van der Waals surface area (Å²) in [5.41, 5.74) is 3.75. The summed E-state index contributed by atoms with van der Waals surface area (Å²) in [5, 5.41) is 9.47. The van der Waals surface area contributed by atoms with E-state index in [-0.39, 0.29) is 11.7 Å². The summed E-state index contributed by atoms with van der Waals surface area (Å²) < 4.78 is 8.60. The Morgan fingerprint density at radius 1 is 1.10 bits per heavy atom. The number of furan rings is 1. The highest BCUT2D eigenvalue weighted by Crippen LogP contribution is 2.34. The van der Waals surface area contributed by atoms with E-state index in [0.29, 0.717) is 11.4 Å². The van der Waals surface area contributed by atoms with Crippen LogP contribution in [0.2, 0.25) is 0 Å². The van der Waals surface area contributed by atoms with Gasteiger partial charge in [-0.3, -0.25) is 4.79 Å². The maximum atomic E-state index is 13.0. The van der Waals surface area contributed by atoms with Gasteiger partial charge >= 0.3 is 0 Å². The lowest BCUT2D eigenvalue weighted by molar-refractivity contribution is 0.0998. The number of nitrogens with one attached hydrogen (secondary N) is 1. The number of carbonyl (C=O) groups is 1. The Bertz CT molecular complexity index is 1330. The van der Waals surface area contributed by atoms with E-state index < -0.39 is 0 Å². The van der Waals surface area contributed by atoms with Crippen LogP contribution >= 0.6 is 11.3 Å². The second-order valence-corrected chi connectivity index (χ2v) is 8.12. The minimum Gasteiger partial charge on any atom is -0.451 e. The predicted molar refractivity (Wildman–Crippen MR) is 113 cm³/mol. The number of carbonyl (C=O) groups excluding carboxylic acids is 1. The number of aryl methyl sites for hydroxylation is 1. The molecule has 0 bridgehead atoms. The Labute approximate surface area is 169 Å². The van der Waals surface area contributed by atoms with Crippen LogP contribution in [-0.4, -0.2) is 20.7 Å². The number of nitrogens with zero attached hydrogens (tertiary/aromatic N) is 3. The second kappa shape index (κ2) is 6.28. The Hall–Kier alpha value is -3.45. The summed E-state index contributed by atoms with van der Waals surface area (Å²) >= 11 is 1.56. The van der Waals surface area contributed by atoms with Gasteiger partial charge in [-0.15, -0.1) is 0 Å². The van der Waals surface area contributed by atoms with E-state index in [1.54, 1.807) is 22.1 Å². The standard InChI is InChI=1S/C22H16N4O2S/c27-21(18-12-13-6-1-3-10-17(13)28-18)24-20-14-7-5-9-15(14)25-26(20)22-23-16-8-2-4-11-19(16)29-22/h1-4,6,8,10-12H,5,7,9H2,(H,24,27). The zero-order valence-electron chi connectivity index (χ0n) is 15.4. The molecule has 2 aromatic carbocycles. The molecule has 6 rings (SSSR count). The fraction of sp³-hybridized carbons (Fsp3) is 0.136. The number of benzene rings is 2. The summed E-state index contributed by atoms with van der Waals surface area (Å²) in [4.78, 5) is 17.7. The molecular weight excluding hydrogens is 384 g/mol. The van der Waals surface area contributed by atoms with Gasteiger partial charge in [0.2, 0.25) is 5.13 Å². The SMILES string of the molecule is O=C(Nc1c2c(nn1-c1nc3ccccc3s1)CCC2)c1cc2ccccc2o1. The molecule has 0 spiro atoms. The molecule has 5 aromatic rings. The molecule has 6 nitrogen and oxygen atoms in total. The van der Waals surface area contributed by atoms with Crippen LogP contribution in [0.3, 0.4) is 0 Å². The zero-order chi connectivity index (χ0) is 19.4. The smallest absolute Gasteiger partial charge is 0.292 e. The molecule has 0 atom stereocenters. The third-order valence-electron chi connectivity index (χ3n) is 5.25. The second-order valence-electron chi connectivity index (χ2n) is 7.11. The molecule has 1 N–H and O–H groups in total. The van der Waals surface area contributed by atoms with Crippen molar-refractivity contribution in [3.8, 4) is 5.13 Å². The van der Waals surface area contributed by atoms with Crippen molar-refractivity contribution < 1.29 is 9.21 Å². The first-order valence-electron chi connectivity index (χ1n) is 9.53. The van der Waals surface area contributed by atoms with Gasteiger partial charge in [0, 0.05) is 10.9 Å². The van der Waals surface area contributed by atoms with Gasteiger partial charge in [0.15, 0.2) is 5.76 Å². The lowest BCUT2D eigenvalue weighted by Crippen LogP contribution is -2.15. The van der Waals surface area contributed by atoms with Gasteiger partial charge in [0.1, 0.15) is 11.4 Å². The van der Waals surface area contributed by atoms with Gasteiger partial charge in [-0.25, -0.2) is 4.98 Å². The van der Waals surface area contributed by atoms with Gasteiger partial charge in [0.05, 0.1) is 15.9 Å². The van der Waals surface area contributed by atoms with Crippen molar-refractivity contribution in [3.05, 3.63) is 71.6 Å². The molecule has 142 valence electrons. The molecule has 1 aliphatic rings. The third-order valence-corrected chi connectivity index (χ3v) is 6.26. The van der Waals surface area contributed by atoms with Crippen LogP contribution in [0.1, 0.15) is 28.2 Å². The minimum atomic E-state index is -0.279. The van der Waals surface area contributed by atoms with Crippen molar-refractivity contribution in [3.63, 3.8) is 0 Å². The van der Waals surface area contributed by atoms with Gasteiger partial charge < -0.3 is 9.73 Å². The number of hydrogen-bond acceptors (Lipinski definition) is 5. The topological polar surface area (TPSA) is 73.0 Å². The van der Waals surface area contributed by atoms with E-state index in [1.807, 2.05) is 48.5 Å². The first-order chi connectivity index (χ1) is 14.3. The third kappa shape index (κ3) is 2.66. The van der Waals surface area contributed by atoms with Crippen molar-refractivity contribution >= 4 is 44.2 Å². The molecule has 0 radical (unpaired) electrons. The quantitative estimate of drug-likeness (QED) is 0.464. The normalized spacial score (nSPS) is 13.2. The molecule has 0 fully saturated rings. The molecule has 0 saturated heterocycles. The van der Waals surface area contributed by atoms with Crippen molar-refractivity contribution in [2.75, 3.05) is 5.32 Å². The summed E-state index contributed by atoms with van der Waals surface area (Å²) in [6.45, 7) is 0. The van der Waals surface area contributed by atoms with Crippen LogP contribution in [0.25, 0.3) is 26.3 Å². The average Bonchev–Trinajstić information content (AvgIpc) is 3.50. The molecule has 1 amide bonds. The molecule has 3 heterocycles. The first-order valence-corrected chi connectivity index (χ1v) is 10.3. The Morgan fingerprint density at radius 2 is 1.97 bits per heavy atom. The molecule has 3 aromatic heterocycles. The van der Waals surface area contributed by atoms with Gasteiger partial charge in [0.25, 0.3) is 5.91 Å². The van der Waals surface area contributed by atoms with Crippen LogP contribution in [-0.2, 0) is 12.8 Å². The van der Waals surface area contributed by atoms with Gasteiger partial charge in [-0.05, 0) is 43.5 Å². The summed E-state index contributed by atoms with van der Waals surface area (Å²) in [6, 6.07) is 17.4. The molecule has 0 aliphatic heterocycles. The van der Waals surface area contributed by atoms with Crippen LogP contribution in [0.5, 0.6) is 0 Å².